The Kier molecular flexibility index (Phi) is 5.81. The molecule has 0 fully saturated rings. The van der Waals surface area contributed by atoms with Gasteiger partial charge in [-0.1, -0.05) is 36.4 Å². The number of aryl methyl sites for hydroxylation is 3. The summed E-state index contributed by atoms with van der Waals surface area (Å²) in [6.07, 6.45) is 9.51. The lowest BCUT2D eigenvalue weighted by Gasteiger charge is -2.20. The molecule has 6 heteroatoms. The number of thioether (sulfide) groups is 1. The maximum absolute atomic E-state index is 12.5. The molecule has 0 spiro atoms. The van der Waals surface area contributed by atoms with E-state index in [1.807, 2.05) is 0 Å². The van der Waals surface area contributed by atoms with E-state index in [4.69, 9.17) is 0 Å². The Balaban J connectivity index is 1.33. The van der Waals surface area contributed by atoms with E-state index in [2.05, 4.69) is 45.2 Å². The Morgan fingerprint density at radius 3 is 2.81 bits per heavy atom. The van der Waals surface area contributed by atoms with Crippen LogP contribution >= 0.6 is 11.8 Å². The summed E-state index contributed by atoms with van der Waals surface area (Å²) in [6, 6.07) is 6.72. The number of fused-ring (bicyclic) bond motifs is 2. The van der Waals surface area contributed by atoms with Crippen molar-refractivity contribution in [1.82, 2.24) is 20.1 Å². The number of aromatic nitrogens is 3. The minimum Gasteiger partial charge on any atom is -0.349 e. The van der Waals surface area contributed by atoms with Gasteiger partial charge in [-0.3, -0.25) is 4.79 Å². The molecule has 0 saturated heterocycles. The van der Waals surface area contributed by atoms with E-state index >= 15 is 0 Å². The molecule has 1 N–H and O–H groups in total. The monoisotopic (exact) mass is 384 g/mol. The van der Waals surface area contributed by atoms with Crippen molar-refractivity contribution >= 4 is 17.7 Å². The molecule has 1 aliphatic carbocycles. The van der Waals surface area contributed by atoms with Gasteiger partial charge < -0.3 is 9.88 Å². The van der Waals surface area contributed by atoms with E-state index in [1.165, 1.54) is 67.0 Å². The van der Waals surface area contributed by atoms with Gasteiger partial charge in [0.15, 0.2) is 5.16 Å². The maximum Gasteiger partial charge on any atom is 0.230 e. The van der Waals surface area contributed by atoms with Gasteiger partial charge in [-0.25, -0.2) is 0 Å². The standard InChI is InChI=1S/C21H28N4OS/c1-15(17-11-10-16-7-4-5-8-18(16)13-17)22-20(26)14-27-21-24-23-19-9-3-2-6-12-25(19)21/h10-11,13,15H,2-9,12,14H2,1H3,(H,22,26)/t15-/m1/s1. The van der Waals surface area contributed by atoms with Crippen LogP contribution < -0.4 is 5.32 Å². The van der Waals surface area contributed by atoms with Crippen LogP contribution in [0.5, 0.6) is 0 Å². The first-order valence-corrected chi connectivity index (χ1v) is 11.2. The van der Waals surface area contributed by atoms with Crippen molar-refractivity contribution < 1.29 is 4.79 Å². The second-order valence-corrected chi connectivity index (χ2v) is 8.62. The first-order valence-electron chi connectivity index (χ1n) is 10.2. The SMILES string of the molecule is C[C@@H](NC(=O)CSc1nnc2n1CCCCC2)c1ccc2c(c1)CCCC2. The largest absolute Gasteiger partial charge is 0.349 e. The summed E-state index contributed by atoms with van der Waals surface area (Å²) in [6.45, 7) is 3.04. The van der Waals surface area contributed by atoms with E-state index in [1.54, 1.807) is 0 Å². The van der Waals surface area contributed by atoms with E-state index in [0.717, 1.165) is 30.4 Å². The highest BCUT2D eigenvalue weighted by Crippen LogP contribution is 2.25. The summed E-state index contributed by atoms with van der Waals surface area (Å²) in [4.78, 5) is 12.5. The lowest BCUT2D eigenvalue weighted by Crippen LogP contribution is -2.28. The predicted molar refractivity (Wildman–Crippen MR) is 108 cm³/mol. The van der Waals surface area contributed by atoms with Gasteiger partial charge >= 0.3 is 0 Å². The van der Waals surface area contributed by atoms with Gasteiger partial charge in [0.1, 0.15) is 5.82 Å². The average Bonchev–Trinajstić information content (AvgIpc) is 2.92. The summed E-state index contributed by atoms with van der Waals surface area (Å²) in [7, 11) is 0. The fraction of sp³-hybridized carbons (Fsp3) is 0.571. The molecule has 4 rings (SSSR count). The van der Waals surface area contributed by atoms with Gasteiger partial charge in [0.25, 0.3) is 0 Å². The normalized spacial score (nSPS) is 17.5. The number of rotatable bonds is 5. The Labute approximate surface area is 165 Å². The molecule has 2 heterocycles. The van der Waals surface area contributed by atoms with Crippen LogP contribution in [0, 0.1) is 0 Å². The van der Waals surface area contributed by atoms with Gasteiger partial charge in [0.05, 0.1) is 11.8 Å². The van der Waals surface area contributed by atoms with Crippen molar-refractivity contribution in [3.63, 3.8) is 0 Å². The number of hydrogen-bond donors (Lipinski definition) is 1. The number of hydrogen-bond acceptors (Lipinski definition) is 4. The van der Waals surface area contributed by atoms with Gasteiger partial charge in [-0.2, -0.15) is 0 Å². The van der Waals surface area contributed by atoms with Gasteiger partial charge in [0, 0.05) is 13.0 Å². The average molecular weight is 385 g/mol. The molecule has 27 heavy (non-hydrogen) atoms. The zero-order chi connectivity index (χ0) is 18.6. The number of amides is 1. The molecule has 1 aromatic carbocycles. The Hall–Kier alpha value is -1.82. The topological polar surface area (TPSA) is 59.8 Å². The van der Waals surface area contributed by atoms with Gasteiger partial charge in [-0.05, 0) is 62.1 Å². The minimum absolute atomic E-state index is 0.0286. The van der Waals surface area contributed by atoms with Crippen LogP contribution in [0.4, 0.5) is 0 Å². The fourth-order valence-corrected chi connectivity index (χ4v) is 4.88. The quantitative estimate of drug-likeness (QED) is 0.796. The molecule has 2 aromatic rings. The van der Waals surface area contributed by atoms with Crippen LogP contribution in [0.3, 0.4) is 0 Å². The van der Waals surface area contributed by atoms with Crippen LogP contribution in [0.25, 0.3) is 0 Å². The van der Waals surface area contributed by atoms with Gasteiger partial charge in [-0.15, -0.1) is 10.2 Å². The second kappa shape index (κ2) is 8.46. The Morgan fingerprint density at radius 1 is 1.11 bits per heavy atom. The third kappa shape index (κ3) is 4.37. The zero-order valence-electron chi connectivity index (χ0n) is 16.0. The molecule has 1 aromatic heterocycles. The van der Waals surface area contributed by atoms with Crippen molar-refractivity contribution in [3.05, 3.63) is 40.7 Å². The number of benzene rings is 1. The molecule has 2 aliphatic rings. The molecule has 0 unspecified atom stereocenters. The van der Waals surface area contributed by atoms with Crippen molar-refractivity contribution in [2.45, 2.75) is 76.0 Å². The lowest BCUT2D eigenvalue weighted by molar-refractivity contribution is -0.119. The minimum atomic E-state index is 0.0286. The summed E-state index contributed by atoms with van der Waals surface area (Å²) < 4.78 is 2.19. The second-order valence-electron chi connectivity index (χ2n) is 7.67. The summed E-state index contributed by atoms with van der Waals surface area (Å²) in [5, 5.41) is 12.6. The summed E-state index contributed by atoms with van der Waals surface area (Å²) in [5.41, 5.74) is 4.14. The van der Waals surface area contributed by atoms with Gasteiger partial charge in [0.2, 0.25) is 5.91 Å². The first kappa shape index (κ1) is 18.5. The summed E-state index contributed by atoms with van der Waals surface area (Å²) in [5.74, 6) is 1.50. The molecule has 0 bridgehead atoms. The number of nitrogens with one attached hydrogen (secondary N) is 1. The third-order valence-corrected chi connectivity index (χ3v) is 6.62. The molecule has 0 saturated carbocycles. The van der Waals surface area contributed by atoms with Crippen LogP contribution in [-0.2, 0) is 30.6 Å². The maximum atomic E-state index is 12.5. The summed E-state index contributed by atoms with van der Waals surface area (Å²) >= 11 is 1.50. The van der Waals surface area contributed by atoms with E-state index in [9.17, 15) is 4.79 Å². The fourth-order valence-electron chi connectivity index (χ4n) is 4.08. The Morgan fingerprint density at radius 2 is 1.93 bits per heavy atom. The highest BCUT2D eigenvalue weighted by atomic mass is 32.2. The van der Waals surface area contributed by atoms with Crippen LogP contribution in [-0.4, -0.2) is 26.4 Å². The smallest absolute Gasteiger partial charge is 0.230 e. The van der Waals surface area contributed by atoms with Crippen LogP contribution in [0.15, 0.2) is 23.4 Å². The van der Waals surface area contributed by atoms with Crippen LogP contribution in [0.1, 0.15) is 67.6 Å². The molecule has 5 nitrogen and oxygen atoms in total. The predicted octanol–water partition coefficient (Wildman–Crippen LogP) is 3.85. The van der Waals surface area contributed by atoms with E-state index in [-0.39, 0.29) is 11.9 Å². The number of nitrogens with zero attached hydrogens (tertiary/aromatic N) is 3. The van der Waals surface area contributed by atoms with Crippen LogP contribution in [0.2, 0.25) is 0 Å². The molecule has 0 radical (unpaired) electrons. The van der Waals surface area contributed by atoms with E-state index in [0.29, 0.717) is 5.75 Å². The van der Waals surface area contributed by atoms with Crippen molar-refractivity contribution in [1.29, 1.82) is 0 Å². The number of carbonyl (C=O) groups excluding carboxylic acids is 1. The zero-order valence-corrected chi connectivity index (χ0v) is 16.9. The molecule has 1 amide bonds. The highest BCUT2D eigenvalue weighted by Gasteiger charge is 2.18. The number of carbonyl (C=O) groups is 1. The van der Waals surface area contributed by atoms with Crippen molar-refractivity contribution in [3.8, 4) is 0 Å². The first-order chi connectivity index (χ1) is 13.2. The molecule has 1 atom stereocenters. The molecular formula is C21H28N4OS. The molecule has 144 valence electrons. The molecular weight excluding hydrogens is 356 g/mol. The van der Waals surface area contributed by atoms with Crippen molar-refractivity contribution in [2.24, 2.45) is 0 Å². The van der Waals surface area contributed by atoms with E-state index < -0.39 is 0 Å². The highest BCUT2D eigenvalue weighted by molar-refractivity contribution is 7.99. The van der Waals surface area contributed by atoms with Crippen molar-refractivity contribution in [2.75, 3.05) is 5.75 Å². The third-order valence-electron chi connectivity index (χ3n) is 5.66. The molecule has 1 aliphatic heterocycles. The Bertz CT molecular complexity index is 817. The lowest BCUT2D eigenvalue weighted by atomic mass is 9.89.